The normalized spacial score (nSPS) is 11.7. The Morgan fingerprint density at radius 2 is 1.23 bits per heavy atom. The van der Waals surface area contributed by atoms with Gasteiger partial charge in [0.05, 0.1) is 24.5 Å². The fourth-order valence-corrected chi connectivity index (χ4v) is 3.25. The minimum atomic E-state index is -4.31. The van der Waals surface area contributed by atoms with Crippen LogP contribution >= 0.6 is 0 Å². The SMILES string of the molecule is C=O.O=C(OCCS(=O)(=O)O)/C(=C\C=C(c1ccccc1)c1ccccc1)COCCS(=O)(=O)O. The molecule has 190 valence electrons. The molecule has 2 aromatic carbocycles. The molecule has 12 heteroatoms. The van der Waals surface area contributed by atoms with Gasteiger partial charge in [-0.25, -0.2) is 4.79 Å². The Morgan fingerprint density at radius 1 is 0.771 bits per heavy atom. The van der Waals surface area contributed by atoms with Gasteiger partial charge in [0.25, 0.3) is 20.2 Å². The average molecular weight is 527 g/mol. The number of carbonyl (C=O) groups excluding carboxylic acids is 2. The van der Waals surface area contributed by atoms with E-state index in [1.54, 1.807) is 6.08 Å². The van der Waals surface area contributed by atoms with Gasteiger partial charge in [0, 0.05) is 0 Å². The lowest BCUT2D eigenvalue weighted by Gasteiger charge is -2.10. The van der Waals surface area contributed by atoms with E-state index in [-0.39, 0.29) is 18.8 Å². The lowest BCUT2D eigenvalue weighted by Crippen LogP contribution is -2.19. The van der Waals surface area contributed by atoms with Crippen LogP contribution in [0.2, 0.25) is 0 Å². The summed E-state index contributed by atoms with van der Waals surface area (Å²) >= 11 is 0. The zero-order valence-corrected chi connectivity index (χ0v) is 20.3. The number of carbonyl (C=O) groups is 2. The lowest BCUT2D eigenvalue weighted by atomic mass is 9.97. The molecule has 0 saturated carbocycles. The van der Waals surface area contributed by atoms with Gasteiger partial charge in [-0.2, -0.15) is 16.8 Å². The molecule has 0 radical (unpaired) electrons. The van der Waals surface area contributed by atoms with Gasteiger partial charge in [-0.1, -0.05) is 66.7 Å². The molecule has 0 aliphatic rings. The standard InChI is InChI=1S/C22H24O9S2.CH2O/c23-22(31-14-16-33(27,28)29)20(17-30-13-15-32(24,25)26)11-12-21(18-7-3-1-4-8-18)19-9-5-2-6-10-19;1-2/h1-12H,13-17H2,(H,24,25,26)(H,27,28,29);1H2/b20-11-;. The number of hydrogen-bond acceptors (Lipinski definition) is 8. The van der Waals surface area contributed by atoms with Crippen molar-refractivity contribution < 1.29 is 45.0 Å². The number of rotatable bonds is 12. The van der Waals surface area contributed by atoms with Gasteiger partial charge in [-0.3, -0.25) is 9.11 Å². The third kappa shape index (κ3) is 12.8. The maximum Gasteiger partial charge on any atom is 0.336 e. The van der Waals surface area contributed by atoms with Crippen molar-refractivity contribution in [1.82, 2.24) is 0 Å². The quantitative estimate of drug-likeness (QED) is 0.138. The molecule has 0 saturated heterocycles. The average Bonchev–Trinajstić information content (AvgIpc) is 2.81. The molecule has 0 aliphatic carbocycles. The smallest absolute Gasteiger partial charge is 0.336 e. The first-order valence-electron chi connectivity index (χ1n) is 10.0. The monoisotopic (exact) mass is 526 g/mol. The predicted molar refractivity (Wildman–Crippen MR) is 130 cm³/mol. The predicted octanol–water partition coefficient (Wildman–Crippen LogP) is 2.20. The van der Waals surface area contributed by atoms with Crippen molar-refractivity contribution in [2.75, 3.05) is 31.3 Å². The summed E-state index contributed by atoms with van der Waals surface area (Å²) in [5, 5.41) is 0. The summed E-state index contributed by atoms with van der Waals surface area (Å²) in [6, 6.07) is 18.7. The van der Waals surface area contributed by atoms with E-state index >= 15 is 0 Å². The summed E-state index contributed by atoms with van der Waals surface area (Å²) in [4.78, 5) is 20.5. The molecule has 0 unspecified atom stereocenters. The molecular formula is C23H26O10S2. The second-order valence-electron chi connectivity index (χ2n) is 6.76. The van der Waals surface area contributed by atoms with Crippen LogP contribution in [0.25, 0.3) is 5.57 Å². The topological polar surface area (TPSA) is 161 Å². The van der Waals surface area contributed by atoms with Gasteiger partial charge >= 0.3 is 5.97 Å². The lowest BCUT2D eigenvalue weighted by molar-refractivity contribution is -0.139. The highest BCUT2D eigenvalue weighted by Crippen LogP contribution is 2.23. The van der Waals surface area contributed by atoms with Crippen molar-refractivity contribution in [3.05, 3.63) is 89.5 Å². The van der Waals surface area contributed by atoms with Gasteiger partial charge < -0.3 is 14.3 Å². The zero-order valence-electron chi connectivity index (χ0n) is 18.6. The van der Waals surface area contributed by atoms with Crippen molar-refractivity contribution in [2.24, 2.45) is 0 Å². The molecule has 35 heavy (non-hydrogen) atoms. The Balaban J connectivity index is 0.00000298. The summed E-state index contributed by atoms with van der Waals surface area (Å²) in [5.74, 6) is -2.33. The number of allylic oxidation sites excluding steroid dienone is 2. The number of esters is 1. The van der Waals surface area contributed by atoms with E-state index in [1.165, 1.54) is 6.08 Å². The molecule has 0 heterocycles. The number of ether oxygens (including phenoxy) is 2. The molecule has 2 rings (SSSR count). The Morgan fingerprint density at radius 3 is 1.69 bits per heavy atom. The first-order chi connectivity index (χ1) is 16.6. The van der Waals surface area contributed by atoms with Crippen molar-refractivity contribution in [3.63, 3.8) is 0 Å². The Bertz CT molecular complexity index is 1160. The minimum absolute atomic E-state index is 0.0231. The fourth-order valence-electron chi connectivity index (χ4n) is 2.63. The van der Waals surface area contributed by atoms with E-state index in [4.69, 9.17) is 23.4 Å². The first kappa shape index (κ1) is 29.9. The maximum absolute atomic E-state index is 12.5. The highest BCUT2D eigenvalue weighted by molar-refractivity contribution is 7.86. The van der Waals surface area contributed by atoms with Crippen LogP contribution in [0.3, 0.4) is 0 Å². The molecule has 0 atom stereocenters. The molecule has 2 N–H and O–H groups in total. The molecule has 0 bridgehead atoms. The molecule has 0 aromatic heterocycles. The molecule has 0 aliphatic heterocycles. The molecule has 0 amide bonds. The summed E-state index contributed by atoms with van der Waals surface area (Å²) in [5.41, 5.74) is 2.49. The first-order valence-corrected chi connectivity index (χ1v) is 13.2. The second kappa shape index (κ2) is 15.0. The van der Waals surface area contributed by atoms with E-state index in [9.17, 15) is 21.6 Å². The van der Waals surface area contributed by atoms with E-state index in [1.807, 2.05) is 67.5 Å². The minimum Gasteiger partial charge on any atom is -0.461 e. The Hall–Kier alpha value is -3.16. The van der Waals surface area contributed by atoms with Crippen molar-refractivity contribution in [3.8, 4) is 0 Å². The van der Waals surface area contributed by atoms with Gasteiger partial charge in [-0.05, 0) is 22.8 Å². The van der Waals surface area contributed by atoms with Crippen LogP contribution in [0.4, 0.5) is 0 Å². The van der Waals surface area contributed by atoms with E-state index in [0.29, 0.717) is 0 Å². The van der Waals surface area contributed by atoms with Crippen molar-refractivity contribution in [2.45, 2.75) is 0 Å². The van der Waals surface area contributed by atoms with Crippen LogP contribution in [0, 0.1) is 0 Å². The highest BCUT2D eigenvalue weighted by Gasteiger charge is 2.15. The van der Waals surface area contributed by atoms with Crippen LogP contribution in [-0.2, 0) is 39.3 Å². The highest BCUT2D eigenvalue weighted by atomic mass is 32.2. The van der Waals surface area contributed by atoms with Crippen molar-refractivity contribution in [1.29, 1.82) is 0 Å². The summed E-state index contributed by atoms with van der Waals surface area (Å²) < 4.78 is 71.1. The van der Waals surface area contributed by atoms with Crippen LogP contribution < -0.4 is 0 Å². The van der Waals surface area contributed by atoms with Crippen LogP contribution in [0.1, 0.15) is 11.1 Å². The van der Waals surface area contributed by atoms with Gasteiger partial charge in [0.1, 0.15) is 19.1 Å². The van der Waals surface area contributed by atoms with Crippen LogP contribution in [0.5, 0.6) is 0 Å². The third-order valence-corrected chi connectivity index (χ3v) is 5.57. The summed E-state index contributed by atoms with van der Waals surface area (Å²) in [6.45, 7) is 0.698. The van der Waals surface area contributed by atoms with Gasteiger partial charge in [0.15, 0.2) is 0 Å². The molecule has 2 aromatic rings. The largest absolute Gasteiger partial charge is 0.461 e. The molecule has 0 fully saturated rings. The van der Waals surface area contributed by atoms with Crippen LogP contribution in [-0.4, -0.2) is 70.0 Å². The third-order valence-electron chi connectivity index (χ3n) is 4.20. The fraction of sp³-hybridized carbons (Fsp3) is 0.217. The van der Waals surface area contributed by atoms with E-state index in [2.05, 4.69) is 0 Å². The maximum atomic E-state index is 12.5. The zero-order chi connectivity index (χ0) is 26.3. The van der Waals surface area contributed by atoms with Gasteiger partial charge in [-0.15, -0.1) is 0 Å². The summed E-state index contributed by atoms with van der Waals surface area (Å²) in [6.07, 6.45) is 3.09. The second-order valence-corrected chi connectivity index (χ2v) is 9.91. The summed E-state index contributed by atoms with van der Waals surface area (Å²) in [7, 11) is -8.55. The molecule has 10 nitrogen and oxygen atoms in total. The van der Waals surface area contributed by atoms with Crippen molar-refractivity contribution >= 4 is 38.6 Å². The van der Waals surface area contributed by atoms with E-state index in [0.717, 1.165) is 16.7 Å². The Kier molecular flexibility index (Phi) is 12.8. The molecule has 0 spiro atoms. The van der Waals surface area contributed by atoms with Crippen LogP contribution in [0.15, 0.2) is 78.4 Å². The number of benzene rings is 2. The number of hydrogen-bond donors (Lipinski definition) is 2. The molecular weight excluding hydrogens is 500 g/mol. The van der Waals surface area contributed by atoms with E-state index < -0.39 is 44.3 Å². The van der Waals surface area contributed by atoms with Gasteiger partial charge in [0.2, 0.25) is 0 Å². The Labute approximate surface area is 204 Å².